The van der Waals surface area contributed by atoms with Crippen molar-refractivity contribution in [1.29, 1.82) is 0 Å². The number of aromatic nitrogens is 2. The third-order valence-electron chi connectivity index (χ3n) is 2.80. The molecule has 0 fully saturated rings. The van der Waals surface area contributed by atoms with Gasteiger partial charge in [-0.15, -0.1) is 11.3 Å². The number of hydrogen-bond donors (Lipinski definition) is 2. The molecule has 4 nitrogen and oxygen atoms in total. The molecule has 2 heterocycles. The standard InChI is InChI=1S/C14H20N4S/c1-5-15-12-7-6-8-13(18-12)17-10(3)14-9(2)16-11(4)19-14/h6-8,10H,5H2,1-4H3,(H2,15,17,18). The lowest BCUT2D eigenvalue weighted by Gasteiger charge is -2.14. The molecule has 0 spiro atoms. The molecule has 19 heavy (non-hydrogen) atoms. The van der Waals surface area contributed by atoms with Crippen LogP contribution in [0.5, 0.6) is 0 Å². The van der Waals surface area contributed by atoms with Crippen molar-refractivity contribution in [2.45, 2.75) is 33.7 Å². The molecule has 0 saturated heterocycles. The molecule has 5 heteroatoms. The molecule has 1 atom stereocenters. The Balaban J connectivity index is 2.12. The number of aryl methyl sites for hydroxylation is 2. The third kappa shape index (κ3) is 3.44. The number of thiazole rings is 1. The highest BCUT2D eigenvalue weighted by atomic mass is 32.1. The second-order valence-corrected chi connectivity index (χ2v) is 5.72. The number of pyridine rings is 1. The second kappa shape index (κ2) is 6.02. The van der Waals surface area contributed by atoms with E-state index in [4.69, 9.17) is 0 Å². The predicted molar refractivity (Wildman–Crippen MR) is 82.0 cm³/mol. The Morgan fingerprint density at radius 3 is 2.58 bits per heavy atom. The maximum atomic E-state index is 4.53. The van der Waals surface area contributed by atoms with Gasteiger partial charge in [0.2, 0.25) is 0 Å². The van der Waals surface area contributed by atoms with Crippen LogP contribution in [0.15, 0.2) is 18.2 Å². The summed E-state index contributed by atoms with van der Waals surface area (Å²) in [5, 5.41) is 7.75. The van der Waals surface area contributed by atoms with Crippen LogP contribution in [-0.2, 0) is 0 Å². The van der Waals surface area contributed by atoms with Crippen LogP contribution >= 0.6 is 11.3 Å². The predicted octanol–water partition coefficient (Wildman–Crippen LogP) is 3.76. The van der Waals surface area contributed by atoms with Gasteiger partial charge in [0.05, 0.1) is 16.7 Å². The highest BCUT2D eigenvalue weighted by molar-refractivity contribution is 7.11. The molecule has 0 amide bonds. The number of nitrogens with one attached hydrogen (secondary N) is 2. The Hall–Kier alpha value is -1.62. The lowest BCUT2D eigenvalue weighted by Crippen LogP contribution is -2.09. The van der Waals surface area contributed by atoms with Crippen molar-refractivity contribution in [2.75, 3.05) is 17.2 Å². The van der Waals surface area contributed by atoms with Gasteiger partial charge >= 0.3 is 0 Å². The van der Waals surface area contributed by atoms with Crippen LogP contribution in [-0.4, -0.2) is 16.5 Å². The summed E-state index contributed by atoms with van der Waals surface area (Å²) in [5.41, 5.74) is 1.10. The monoisotopic (exact) mass is 276 g/mol. The molecule has 0 aliphatic heterocycles. The van der Waals surface area contributed by atoms with E-state index in [1.807, 2.05) is 25.1 Å². The molecule has 0 saturated carbocycles. The first kappa shape index (κ1) is 13.8. The van der Waals surface area contributed by atoms with Crippen LogP contribution in [0.4, 0.5) is 11.6 Å². The minimum absolute atomic E-state index is 0.218. The zero-order valence-electron chi connectivity index (χ0n) is 11.8. The van der Waals surface area contributed by atoms with Crippen LogP contribution in [0, 0.1) is 13.8 Å². The van der Waals surface area contributed by atoms with E-state index in [2.05, 4.69) is 41.4 Å². The number of rotatable bonds is 5. The average Bonchev–Trinajstić information content (AvgIpc) is 2.69. The molecular weight excluding hydrogens is 256 g/mol. The molecule has 0 bridgehead atoms. The first-order chi connectivity index (χ1) is 9.10. The number of anilines is 2. The third-order valence-corrected chi connectivity index (χ3v) is 4.06. The summed E-state index contributed by atoms with van der Waals surface area (Å²) in [6.45, 7) is 9.17. The Morgan fingerprint density at radius 2 is 1.95 bits per heavy atom. The molecular formula is C14H20N4S. The van der Waals surface area contributed by atoms with Crippen LogP contribution in [0.1, 0.15) is 35.5 Å². The van der Waals surface area contributed by atoms with Crippen LogP contribution in [0.2, 0.25) is 0 Å². The van der Waals surface area contributed by atoms with E-state index in [0.717, 1.165) is 28.9 Å². The van der Waals surface area contributed by atoms with Gasteiger partial charge in [-0.2, -0.15) is 0 Å². The Labute approximate surface area is 118 Å². The molecule has 2 aromatic rings. The van der Waals surface area contributed by atoms with Gasteiger partial charge in [0.15, 0.2) is 0 Å². The second-order valence-electron chi connectivity index (χ2n) is 4.49. The minimum Gasteiger partial charge on any atom is -0.370 e. The molecule has 2 N–H and O–H groups in total. The topological polar surface area (TPSA) is 49.8 Å². The zero-order chi connectivity index (χ0) is 13.8. The van der Waals surface area contributed by atoms with Crippen molar-refractivity contribution in [3.05, 3.63) is 33.8 Å². The van der Waals surface area contributed by atoms with Crippen LogP contribution in [0.3, 0.4) is 0 Å². The summed E-state index contributed by atoms with van der Waals surface area (Å²) in [5.74, 6) is 1.79. The van der Waals surface area contributed by atoms with Crippen molar-refractivity contribution in [3.8, 4) is 0 Å². The Morgan fingerprint density at radius 1 is 1.21 bits per heavy atom. The quantitative estimate of drug-likeness (QED) is 0.873. The maximum Gasteiger partial charge on any atom is 0.128 e. The summed E-state index contributed by atoms with van der Waals surface area (Å²) >= 11 is 1.74. The lowest BCUT2D eigenvalue weighted by atomic mass is 10.2. The fourth-order valence-electron chi connectivity index (χ4n) is 2.03. The van der Waals surface area contributed by atoms with Crippen LogP contribution in [0.25, 0.3) is 0 Å². The van der Waals surface area contributed by atoms with E-state index in [1.54, 1.807) is 11.3 Å². The molecule has 0 radical (unpaired) electrons. The van der Waals surface area contributed by atoms with Crippen LogP contribution < -0.4 is 10.6 Å². The number of hydrogen-bond acceptors (Lipinski definition) is 5. The lowest BCUT2D eigenvalue weighted by molar-refractivity contribution is 0.880. The van der Waals surface area contributed by atoms with Gasteiger partial charge in [0.1, 0.15) is 11.6 Å². The molecule has 1 unspecified atom stereocenters. The summed E-state index contributed by atoms with van der Waals surface area (Å²) in [7, 11) is 0. The molecule has 2 aromatic heterocycles. The van der Waals surface area contributed by atoms with E-state index in [0.29, 0.717) is 0 Å². The zero-order valence-corrected chi connectivity index (χ0v) is 12.6. The van der Waals surface area contributed by atoms with E-state index in [1.165, 1.54) is 4.88 Å². The van der Waals surface area contributed by atoms with Crippen molar-refractivity contribution < 1.29 is 0 Å². The molecule has 0 aromatic carbocycles. The summed E-state index contributed by atoms with van der Waals surface area (Å²) in [4.78, 5) is 10.3. The number of nitrogens with zero attached hydrogens (tertiary/aromatic N) is 2. The van der Waals surface area contributed by atoms with Gasteiger partial charge in [0.25, 0.3) is 0 Å². The Kier molecular flexibility index (Phi) is 4.37. The fraction of sp³-hybridized carbons (Fsp3) is 0.429. The Bertz CT molecular complexity index is 550. The highest BCUT2D eigenvalue weighted by Crippen LogP contribution is 2.27. The molecule has 2 rings (SSSR count). The highest BCUT2D eigenvalue weighted by Gasteiger charge is 2.13. The first-order valence-corrected chi connectivity index (χ1v) is 7.33. The van der Waals surface area contributed by atoms with Crippen molar-refractivity contribution in [3.63, 3.8) is 0 Å². The van der Waals surface area contributed by atoms with Gasteiger partial charge in [-0.25, -0.2) is 9.97 Å². The van der Waals surface area contributed by atoms with Crippen molar-refractivity contribution in [2.24, 2.45) is 0 Å². The van der Waals surface area contributed by atoms with Gasteiger partial charge < -0.3 is 10.6 Å². The van der Waals surface area contributed by atoms with Crippen molar-refractivity contribution in [1.82, 2.24) is 9.97 Å². The van der Waals surface area contributed by atoms with E-state index >= 15 is 0 Å². The van der Waals surface area contributed by atoms with Gasteiger partial charge in [-0.1, -0.05) is 6.07 Å². The summed E-state index contributed by atoms with van der Waals surface area (Å²) in [6.07, 6.45) is 0. The average molecular weight is 276 g/mol. The van der Waals surface area contributed by atoms with Gasteiger partial charge in [-0.3, -0.25) is 0 Å². The molecule has 102 valence electrons. The molecule has 0 aliphatic carbocycles. The van der Waals surface area contributed by atoms with E-state index < -0.39 is 0 Å². The summed E-state index contributed by atoms with van der Waals surface area (Å²) in [6, 6.07) is 6.18. The SMILES string of the molecule is CCNc1cccc(NC(C)c2sc(C)nc2C)n1. The fourth-order valence-corrected chi connectivity index (χ4v) is 2.96. The van der Waals surface area contributed by atoms with E-state index in [9.17, 15) is 0 Å². The van der Waals surface area contributed by atoms with Gasteiger partial charge in [-0.05, 0) is 39.8 Å². The smallest absolute Gasteiger partial charge is 0.128 e. The largest absolute Gasteiger partial charge is 0.370 e. The summed E-state index contributed by atoms with van der Waals surface area (Å²) < 4.78 is 0. The molecule has 0 aliphatic rings. The normalized spacial score (nSPS) is 12.2. The maximum absolute atomic E-state index is 4.53. The van der Waals surface area contributed by atoms with Gasteiger partial charge in [0, 0.05) is 11.4 Å². The minimum atomic E-state index is 0.218. The van der Waals surface area contributed by atoms with Crippen molar-refractivity contribution >= 4 is 23.0 Å². The van der Waals surface area contributed by atoms with E-state index in [-0.39, 0.29) is 6.04 Å². The first-order valence-electron chi connectivity index (χ1n) is 6.51.